The molecule has 2 nitrogen and oxygen atoms in total. The highest BCUT2D eigenvalue weighted by Crippen LogP contribution is 2.31. The molecule has 0 aromatic heterocycles. The molecule has 2 fully saturated rings. The van der Waals surface area contributed by atoms with Crippen LogP contribution in [-0.4, -0.2) is 35.2 Å². The maximum absolute atomic E-state index is 9.01. The second-order valence-corrected chi connectivity index (χ2v) is 5.55. The standard InChI is InChI=1S/C14H27NO/c16-12-6-11-15(14-9-5-10-14)13-7-3-1-2-4-8-13/h13-14,16H,1-12H2. The molecule has 0 aliphatic heterocycles. The normalized spacial score (nSPS) is 24.4. The average molecular weight is 225 g/mol. The van der Waals surface area contributed by atoms with E-state index in [0.29, 0.717) is 6.61 Å². The van der Waals surface area contributed by atoms with Gasteiger partial charge < -0.3 is 5.11 Å². The summed E-state index contributed by atoms with van der Waals surface area (Å²) in [5, 5.41) is 9.01. The molecule has 2 rings (SSSR count). The molecule has 1 N–H and O–H groups in total. The molecule has 0 spiro atoms. The maximum Gasteiger partial charge on any atom is 0.0443 e. The van der Waals surface area contributed by atoms with Gasteiger partial charge in [0.1, 0.15) is 0 Å². The number of hydrogen-bond acceptors (Lipinski definition) is 2. The van der Waals surface area contributed by atoms with E-state index >= 15 is 0 Å². The molecule has 2 aliphatic carbocycles. The Morgan fingerprint density at radius 3 is 1.81 bits per heavy atom. The molecule has 0 heterocycles. The van der Waals surface area contributed by atoms with Gasteiger partial charge in [0.15, 0.2) is 0 Å². The third kappa shape index (κ3) is 3.21. The number of hydrogen-bond donors (Lipinski definition) is 1. The van der Waals surface area contributed by atoms with Crippen molar-refractivity contribution in [2.24, 2.45) is 0 Å². The molecule has 0 aromatic carbocycles. The van der Waals surface area contributed by atoms with Gasteiger partial charge in [0.25, 0.3) is 0 Å². The molecule has 0 radical (unpaired) electrons. The van der Waals surface area contributed by atoms with Gasteiger partial charge in [0, 0.05) is 25.2 Å². The predicted octanol–water partition coefficient (Wildman–Crippen LogP) is 2.95. The fourth-order valence-corrected chi connectivity index (χ4v) is 3.22. The molecule has 0 amide bonds. The van der Waals surface area contributed by atoms with Gasteiger partial charge in [0.05, 0.1) is 0 Å². The Bertz CT molecular complexity index is 183. The van der Waals surface area contributed by atoms with Crippen molar-refractivity contribution in [1.29, 1.82) is 0 Å². The van der Waals surface area contributed by atoms with Crippen LogP contribution in [0.3, 0.4) is 0 Å². The monoisotopic (exact) mass is 225 g/mol. The second-order valence-electron chi connectivity index (χ2n) is 5.55. The maximum atomic E-state index is 9.01. The predicted molar refractivity (Wildman–Crippen MR) is 67.5 cm³/mol. The van der Waals surface area contributed by atoms with Crippen LogP contribution in [0.4, 0.5) is 0 Å². The van der Waals surface area contributed by atoms with Crippen LogP contribution in [-0.2, 0) is 0 Å². The fourth-order valence-electron chi connectivity index (χ4n) is 3.22. The Morgan fingerprint density at radius 1 is 0.812 bits per heavy atom. The van der Waals surface area contributed by atoms with Gasteiger partial charge in [-0.1, -0.05) is 32.1 Å². The van der Waals surface area contributed by atoms with Gasteiger partial charge in [-0.3, -0.25) is 4.90 Å². The van der Waals surface area contributed by atoms with E-state index in [2.05, 4.69) is 4.90 Å². The van der Waals surface area contributed by atoms with Crippen molar-refractivity contribution in [2.45, 2.75) is 76.3 Å². The first-order chi connectivity index (χ1) is 7.92. The van der Waals surface area contributed by atoms with E-state index in [9.17, 15) is 0 Å². The van der Waals surface area contributed by atoms with Crippen LogP contribution in [0, 0.1) is 0 Å². The summed E-state index contributed by atoms with van der Waals surface area (Å²) in [5.74, 6) is 0. The van der Waals surface area contributed by atoms with Crippen LogP contribution in [0.15, 0.2) is 0 Å². The summed E-state index contributed by atoms with van der Waals surface area (Å²) in [7, 11) is 0. The summed E-state index contributed by atoms with van der Waals surface area (Å²) in [5.41, 5.74) is 0. The summed E-state index contributed by atoms with van der Waals surface area (Å²) in [6.45, 7) is 1.49. The highest BCUT2D eigenvalue weighted by molar-refractivity contribution is 4.85. The van der Waals surface area contributed by atoms with Crippen molar-refractivity contribution >= 4 is 0 Å². The van der Waals surface area contributed by atoms with Crippen LogP contribution in [0.2, 0.25) is 0 Å². The minimum absolute atomic E-state index is 0.357. The third-order valence-corrected chi connectivity index (χ3v) is 4.41. The first kappa shape index (κ1) is 12.4. The Kier molecular flexibility index (Phi) is 5.11. The van der Waals surface area contributed by atoms with Crippen LogP contribution in [0.5, 0.6) is 0 Å². The molecule has 0 saturated heterocycles. The zero-order valence-electron chi connectivity index (χ0n) is 10.5. The first-order valence-electron chi connectivity index (χ1n) is 7.28. The zero-order valence-corrected chi connectivity index (χ0v) is 10.5. The van der Waals surface area contributed by atoms with Gasteiger partial charge in [-0.25, -0.2) is 0 Å². The minimum Gasteiger partial charge on any atom is -0.396 e. The van der Waals surface area contributed by atoms with Gasteiger partial charge in [-0.15, -0.1) is 0 Å². The second kappa shape index (κ2) is 6.61. The smallest absolute Gasteiger partial charge is 0.0443 e. The van der Waals surface area contributed by atoms with Gasteiger partial charge in [0.2, 0.25) is 0 Å². The number of aliphatic hydroxyl groups excluding tert-OH is 1. The van der Waals surface area contributed by atoms with E-state index in [1.807, 2.05) is 0 Å². The van der Waals surface area contributed by atoms with Crippen LogP contribution in [0.1, 0.15) is 64.2 Å². The molecule has 2 aliphatic rings. The molecule has 16 heavy (non-hydrogen) atoms. The summed E-state index contributed by atoms with van der Waals surface area (Å²) in [6.07, 6.45) is 13.7. The van der Waals surface area contributed by atoms with Crippen molar-refractivity contribution in [3.05, 3.63) is 0 Å². The van der Waals surface area contributed by atoms with E-state index in [-0.39, 0.29) is 0 Å². The van der Waals surface area contributed by atoms with Gasteiger partial charge in [-0.05, 0) is 32.1 Å². The molecule has 0 aromatic rings. The summed E-state index contributed by atoms with van der Waals surface area (Å²) >= 11 is 0. The van der Waals surface area contributed by atoms with E-state index in [0.717, 1.165) is 25.0 Å². The van der Waals surface area contributed by atoms with Crippen molar-refractivity contribution in [1.82, 2.24) is 4.90 Å². The quantitative estimate of drug-likeness (QED) is 0.727. The summed E-state index contributed by atoms with van der Waals surface area (Å²) < 4.78 is 0. The molecule has 94 valence electrons. The number of aliphatic hydroxyl groups is 1. The highest BCUT2D eigenvalue weighted by Gasteiger charge is 2.30. The zero-order chi connectivity index (χ0) is 11.2. The van der Waals surface area contributed by atoms with Crippen LogP contribution >= 0.6 is 0 Å². The topological polar surface area (TPSA) is 23.5 Å². The van der Waals surface area contributed by atoms with Crippen molar-refractivity contribution < 1.29 is 5.11 Å². The van der Waals surface area contributed by atoms with Gasteiger partial charge >= 0.3 is 0 Å². The van der Waals surface area contributed by atoms with E-state index in [1.54, 1.807) is 0 Å². The van der Waals surface area contributed by atoms with E-state index in [1.165, 1.54) is 57.8 Å². The summed E-state index contributed by atoms with van der Waals surface area (Å²) in [6, 6.07) is 1.69. The fraction of sp³-hybridized carbons (Fsp3) is 1.00. The number of nitrogens with zero attached hydrogens (tertiary/aromatic N) is 1. The molecule has 2 heteroatoms. The minimum atomic E-state index is 0.357. The SMILES string of the molecule is OCCCN(C1CCCCCC1)C1CCC1. The lowest BCUT2D eigenvalue weighted by Crippen LogP contribution is -2.47. The van der Waals surface area contributed by atoms with Crippen molar-refractivity contribution in [2.75, 3.05) is 13.2 Å². The van der Waals surface area contributed by atoms with Crippen LogP contribution < -0.4 is 0 Å². The molecule has 2 saturated carbocycles. The Morgan fingerprint density at radius 2 is 1.38 bits per heavy atom. The molecular formula is C14H27NO. The highest BCUT2D eigenvalue weighted by atomic mass is 16.3. The lowest BCUT2D eigenvalue weighted by Gasteiger charge is -2.42. The lowest BCUT2D eigenvalue weighted by molar-refractivity contribution is 0.0642. The molecular weight excluding hydrogens is 198 g/mol. The Labute approximate surface area is 100 Å². The Balaban J connectivity index is 1.86. The van der Waals surface area contributed by atoms with Gasteiger partial charge in [-0.2, -0.15) is 0 Å². The first-order valence-corrected chi connectivity index (χ1v) is 7.28. The average Bonchev–Trinajstić information content (AvgIpc) is 2.49. The molecule has 0 unspecified atom stereocenters. The van der Waals surface area contributed by atoms with E-state index < -0.39 is 0 Å². The number of rotatable bonds is 5. The lowest BCUT2D eigenvalue weighted by atomic mass is 9.89. The van der Waals surface area contributed by atoms with E-state index in [4.69, 9.17) is 5.11 Å². The van der Waals surface area contributed by atoms with Crippen molar-refractivity contribution in [3.63, 3.8) is 0 Å². The van der Waals surface area contributed by atoms with Crippen molar-refractivity contribution in [3.8, 4) is 0 Å². The summed E-state index contributed by atoms with van der Waals surface area (Å²) in [4.78, 5) is 2.74. The molecule has 0 bridgehead atoms. The Hall–Kier alpha value is -0.0800. The largest absolute Gasteiger partial charge is 0.396 e. The van der Waals surface area contributed by atoms with Crippen LogP contribution in [0.25, 0.3) is 0 Å². The molecule has 0 atom stereocenters. The third-order valence-electron chi connectivity index (χ3n) is 4.41.